The second kappa shape index (κ2) is 6.72. The molecule has 1 N–H and O–H groups in total. The van der Waals surface area contributed by atoms with Gasteiger partial charge in [-0.15, -0.1) is 0 Å². The molecule has 8 heteroatoms. The predicted octanol–water partition coefficient (Wildman–Crippen LogP) is 4.53. The highest BCUT2D eigenvalue weighted by molar-refractivity contribution is 6.42. The van der Waals surface area contributed by atoms with E-state index in [1.54, 1.807) is 34.6 Å². The Morgan fingerprint density at radius 1 is 0.963 bits per heavy atom. The van der Waals surface area contributed by atoms with Crippen LogP contribution in [0.25, 0.3) is 22.2 Å². The number of hydrogen-bond acceptors (Lipinski definition) is 3. The van der Waals surface area contributed by atoms with E-state index in [4.69, 9.17) is 23.2 Å². The molecule has 2 aromatic carbocycles. The molecular weight excluding hydrogens is 385 g/mol. The van der Waals surface area contributed by atoms with Crippen LogP contribution in [0.15, 0.2) is 48.5 Å². The molecule has 0 spiro atoms. The monoisotopic (exact) mass is 399 g/mol. The highest BCUT2D eigenvalue weighted by Gasteiger charge is 2.17. The van der Waals surface area contributed by atoms with Crippen molar-refractivity contribution in [1.82, 2.24) is 19.6 Å². The van der Waals surface area contributed by atoms with Gasteiger partial charge >= 0.3 is 0 Å². The van der Waals surface area contributed by atoms with Crippen LogP contribution in [0.3, 0.4) is 0 Å². The fourth-order valence-corrected chi connectivity index (χ4v) is 3.28. The summed E-state index contributed by atoms with van der Waals surface area (Å²) in [6.07, 6.45) is 0. The lowest BCUT2D eigenvalue weighted by molar-refractivity contribution is 0.102. The second-order valence-corrected chi connectivity index (χ2v) is 6.93. The summed E-state index contributed by atoms with van der Waals surface area (Å²) in [6, 6.07) is 14.7. The highest BCUT2D eigenvalue weighted by atomic mass is 35.5. The van der Waals surface area contributed by atoms with E-state index in [0.717, 1.165) is 22.2 Å². The van der Waals surface area contributed by atoms with Crippen molar-refractivity contribution in [3.8, 4) is 11.3 Å². The number of nitrogens with zero attached hydrogens (tertiary/aromatic N) is 4. The molecule has 0 saturated carbocycles. The van der Waals surface area contributed by atoms with Gasteiger partial charge in [0.1, 0.15) is 0 Å². The maximum absolute atomic E-state index is 12.7. The number of aryl methyl sites for hydroxylation is 2. The number of nitrogens with one attached hydrogen (secondary N) is 1. The molecular formula is C19H15Cl2N5O. The van der Waals surface area contributed by atoms with E-state index in [1.807, 2.05) is 37.4 Å². The van der Waals surface area contributed by atoms with Crippen molar-refractivity contribution in [1.29, 1.82) is 0 Å². The second-order valence-electron chi connectivity index (χ2n) is 6.11. The first-order valence-corrected chi connectivity index (χ1v) is 8.92. The number of carbonyl (C=O) groups excluding carboxylic acids is 1. The summed E-state index contributed by atoms with van der Waals surface area (Å²) < 4.78 is 3.36. The standard InChI is InChI=1S/C19H15Cl2N5O/c1-25-16-6-4-3-5-12(16)18(24-25)22-19(27)15-10-17(26(2)23-15)11-7-8-13(20)14(21)9-11/h3-10H,1-2H3,(H,22,24,27). The van der Waals surface area contributed by atoms with Crippen LogP contribution in [0.4, 0.5) is 5.82 Å². The molecule has 4 aromatic rings. The molecule has 4 rings (SSSR count). The summed E-state index contributed by atoms with van der Waals surface area (Å²) in [5.74, 6) is 0.167. The Morgan fingerprint density at radius 2 is 1.74 bits per heavy atom. The molecule has 0 bridgehead atoms. The Labute approximate surface area is 165 Å². The van der Waals surface area contributed by atoms with Crippen molar-refractivity contribution >= 4 is 45.8 Å². The van der Waals surface area contributed by atoms with Crippen molar-refractivity contribution in [2.24, 2.45) is 14.1 Å². The zero-order chi connectivity index (χ0) is 19.1. The number of benzene rings is 2. The van der Waals surface area contributed by atoms with E-state index in [0.29, 0.717) is 15.9 Å². The molecule has 27 heavy (non-hydrogen) atoms. The summed E-state index contributed by atoms with van der Waals surface area (Å²) in [5, 5.41) is 13.3. The van der Waals surface area contributed by atoms with E-state index in [1.165, 1.54) is 0 Å². The average molecular weight is 400 g/mol. The molecule has 0 saturated heterocycles. The topological polar surface area (TPSA) is 64.7 Å². The van der Waals surface area contributed by atoms with E-state index < -0.39 is 0 Å². The minimum absolute atomic E-state index is 0.285. The molecule has 1 amide bonds. The van der Waals surface area contributed by atoms with E-state index in [9.17, 15) is 4.79 Å². The minimum Gasteiger partial charge on any atom is -0.303 e. The third-order valence-corrected chi connectivity index (χ3v) is 5.06. The van der Waals surface area contributed by atoms with Crippen LogP contribution in [0, 0.1) is 0 Å². The summed E-state index contributed by atoms with van der Waals surface area (Å²) in [7, 11) is 3.60. The molecule has 0 atom stereocenters. The van der Waals surface area contributed by atoms with E-state index >= 15 is 0 Å². The van der Waals surface area contributed by atoms with Gasteiger partial charge in [-0.2, -0.15) is 10.2 Å². The SMILES string of the molecule is Cn1nc(C(=O)Nc2nn(C)c3ccccc23)cc1-c1ccc(Cl)c(Cl)c1. The van der Waals surface area contributed by atoms with Gasteiger partial charge in [0.25, 0.3) is 5.91 Å². The maximum Gasteiger partial charge on any atom is 0.277 e. The van der Waals surface area contributed by atoms with Gasteiger partial charge in [0.05, 0.1) is 21.3 Å². The molecule has 136 valence electrons. The van der Waals surface area contributed by atoms with Gasteiger partial charge in [0, 0.05) is 25.0 Å². The molecule has 0 aliphatic heterocycles. The van der Waals surface area contributed by atoms with Gasteiger partial charge in [-0.05, 0) is 30.3 Å². The molecule has 2 heterocycles. The molecule has 0 unspecified atom stereocenters. The normalized spacial score (nSPS) is 11.1. The summed E-state index contributed by atoms with van der Waals surface area (Å²) in [6.45, 7) is 0. The number of rotatable bonds is 3. The van der Waals surface area contributed by atoms with Crippen molar-refractivity contribution in [3.63, 3.8) is 0 Å². The lowest BCUT2D eigenvalue weighted by Crippen LogP contribution is -2.13. The lowest BCUT2D eigenvalue weighted by atomic mass is 10.1. The smallest absolute Gasteiger partial charge is 0.277 e. The number of hydrogen-bond donors (Lipinski definition) is 1. The quantitative estimate of drug-likeness (QED) is 0.550. The molecule has 6 nitrogen and oxygen atoms in total. The first-order valence-electron chi connectivity index (χ1n) is 8.16. The molecule has 2 aromatic heterocycles. The summed E-state index contributed by atoms with van der Waals surface area (Å²) in [4.78, 5) is 12.7. The number of amides is 1. The summed E-state index contributed by atoms with van der Waals surface area (Å²) in [5.41, 5.74) is 2.80. The van der Waals surface area contributed by atoms with Crippen LogP contribution < -0.4 is 5.32 Å². The third kappa shape index (κ3) is 3.18. The molecule has 0 aliphatic rings. The van der Waals surface area contributed by atoms with Crippen LogP contribution in [-0.2, 0) is 14.1 Å². The van der Waals surface area contributed by atoms with Crippen molar-refractivity contribution in [3.05, 3.63) is 64.3 Å². The Bertz CT molecular complexity index is 1180. The van der Waals surface area contributed by atoms with Crippen LogP contribution in [0.1, 0.15) is 10.5 Å². The third-order valence-electron chi connectivity index (χ3n) is 4.32. The zero-order valence-electron chi connectivity index (χ0n) is 14.6. The molecule has 0 fully saturated rings. The van der Waals surface area contributed by atoms with E-state index in [-0.39, 0.29) is 11.6 Å². The van der Waals surface area contributed by atoms with Crippen molar-refractivity contribution in [2.45, 2.75) is 0 Å². The van der Waals surface area contributed by atoms with Crippen LogP contribution >= 0.6 is 23.2 Å². The number of fused-ring (bicyclic) bond motifs is 1. The fraction of sp³-hybridized carbons (Fsp3) is 0.105. The summed E-state index contributed by atoms with van der Waals surface area (Å²) >= 11 is 12.1. The van der Waals surface area contributed by atoms with Gasteiger partial charge in [-0.25, -0.2) is 0 Å². The first-order chi connectivity index (χ1) is 12.9. The number of carbonyl (C=O) groups is 1. The minimum atomic E-state index is -0.333. The molecule has 0 aliphatic carbocycles. The maximum atomic E-state index is 12.7. The van der Waals surface area contributed by atoms with Crippen LogP contribution in [-0.4, -0.2) is 25.5 Å². The van der Waals surface area contributed by atoms with Gasteiger partial charge < -0.3 is 5.32 Å². The first kappa shape index (κ1) is 17.6. The number of para-hydroxylation sites is 1. The Balaban J connectivity index is 1.65. The number of aromatic nitrogens is 4. The Morgan fingerprint density at radius 3 is 2.52 bits per heavy atom. The lowest BCUT2D eigenvalue weighted by Gasteiger charge is -2.03. The zero-order valence-corrected chi connectivity index (χ0v) is 16.1. The van der Waals surface area contributed by atoms with Gasteiger partial charge in [-0.3, -0.25) is 14.2 Å². The van der Waals surface area contributed by atoms with Crippen molar-refractivity contribution < 1.29 is 4.79 Å². The number of halogens is 2. The number of anilines is 1. The van der Waals surface area contributed by atoms with Crippen LogP contribution in [0.2, 0.25) is 10.0 Å². The predicted molar refractivity (Wildman–Crippen MR) is 107 cm³/mol. The van der Waals surface area contributed by atoms with Gasteiger partial charge in [-0.1, -0.05) is 41.4 Å². The Kier molecular flexibility index (Phi) is 4.37. The van der Waals surface area contributed by atoms with Gasteiger partial charge in [0.15, 0.2) is 11.5 Å². The van der Waals surface area contributed by atoms with E-state index in [2.05, 4.69) is 15.5 Å². The largest absolute Gasteiger partial charge is 0.303 e. The van der Waals surface area contributed by atoms with Gasteiger partial charge in [0.2, 0.25) is 0 Å². The molecule has 0 radical (unpaired) electrons. The Hall–Kier alpha value is -2.83. The van der Waals surface area contributed by atoms with Crippen LogP contribution in [0.5, 0.6) is 0 Å². The fourth-order valence-electron chi connectivity index (χ4n) is 2.98. The average Bonchev–Trinajstić information content (AvgIpc) is 3.19. The highest BCUT2D eigenvalue weighted by Crippen LogP contribution is 2.29. The van der Waals surface area contributed by atoms with Crippen molar-refractivity contribution in [2.75, 3.05) is 5.32 Å².